The molecule has 0 amide bonds. The van der Waals surface area contributed by atoms with Crippen LogP contribution in [0.5, 0.6) is 5.75 Å². The van der Waals surface area contributed by atoms with Crippen molar-refractivity contribution in [2.45, 2.75) is 64.9 Å². The van der Waals surface area contributed by atoms with Gasteiger partial charge in [0, 0.05) is 10.6 Å². The average Bonchev–Trinajstić information content (AvgIpc) is 2.43. The Morgan fingerprint density at radius 3 is 2.40 bits per heavy atom. The second kappa shape index (κ2) is 10.1. The van der Waals surface area contributed by atoms with E-state index in [1.165, 1.54) is 38.5 Å². The second-order valence-electron chi connectivity index (χ2n) is 5.33. The summed E-state index contributed by atoms with van der Waals surface area (Å²) < 4.78 is 5.76. The average molecular weight is 299 g/mol. The molecule has 1 atom stereocenters. The zero-order valence-corrected chi connectivity index (χ0v) is 13.5. The van der Waals surface area contributed by atoms with Gasteiger partial charge in [0.2, 0.25) is 0 Å². The Hall–Kier alpha value is -0.730. The molecule has 1 N–H and O–H groups in total. The smallest absolute Gasteiger partial charge is 0.125 e. The van der Waals surface area contributed by atoms with Gasteiger partial charge in [-0.15, -0.1) is 0 Å². The van der Waals surface area contributed by atoms with Crippen LogP contribution in [0.1, 0.15) is 70.5 Å². The zero-order valence-electron chi connectivity index (χ0n) is 12.7. The first-order chi connectivity index (χ1) is 9.65. The van der Waals surface area contributed by atoms with E-state index < -0.39 is 6.10 Å². The topological polar surface area (TPSA) is 29.5 Å². The maximum atomic E-state index is 9.71. The van der Waals surface area contributed by atoms with E-state index in [1.807, 2.05) is 6.07 Å². The molecule has 0 fully saturated rings. The van der Waals surface area contributed by atoms with Gasteiger partial charge in [-0.25, -0.2) is 0 Å². The highest BCUT2D eigenvalue weighted by Crippen LogP contribution is 2.28. The molecular formula is C17H27ClO2. The number of hydrogen-bond donors (Lipinski definition) is 1. The van der Waals surface area contributed by atoms with E-state index >= 15 is 0 Å². The molecule has 20 heavy (non-hydrogen) atoms. The lowest BCUT2D eigenvalue weighted by Gasteiger charge is -2.13. The van der Waals surface area contributed by atoms with E-state index in [0.717, 1.165) is 17.7 Å². The van der Waals surface area contributed by atoms with E-state index in [1.54, 1.807) is 19.1 Å². The lowest BCUT2D eigenvalue weighted by Crippen LogP contribution is -2.02. The van der Waals surface area contributed by atoms with Crippen molar-refractivity contribution in [3.63, 3.8) is 0 Å². The lowest BCUT2D eigenvalue weighted by atomic mass is 10.1. The van der Waals surface area contributed by atoms with Crippen molar-refractivity contribution in [3.8, 4) is 5.75 Å². The van der Waals surface area contributed by atoms with Gasteiger partial charge in [-0.05, 0) is 31.5 Å². The Morgan fingerprint density at radius 1 is 1.10 bits per heavy atom. The Bertz CT molecular complexity index is 377. The minimum absolute atomic E-state index is 0.558. The minimum atomic E-state index is -0.558. The fourth-order valence-corrected chi connectivity index (χ4v) is 2.40. The first-order valence-electron chi connectivity index (χ1n) is 7.75. The molecule has 0 bridgehead atoms. The van der Waals surface area contributed by atoms with Crippen LogP contribution in [0.4, 0.5) is 0 Å². The molecule has 1 aromatic rings. The largest absolute Gasteiger partial charge is 0.493 e. The Balaban J connectivity index is 2.25. The first kappa shape index (κ1) is 17.3. The third-order valence-electron chi connectivity index (χ3n) is 3.43. The number of aliphatic hydroxyl groups is 1. The summed E-state index contributed by atoms with van der Waals surface area (Å²) in [6.07, 6.45) is 8.32. The molecule has 0 saturated carbocycles. The molecule has 0 aromatic heterocycles. The highest BCUT2D eigenvalue weighted by molar-refractivity contribution is 6.30. The minimum Gasteiger partial charge on any atom is -0.493 e. The van der Waals surface area contributed by atoms with Crippen LogP contribution in [0.25, 0.3) is 0 Å². The van der Waals surface area contributed by atoms with Gasteiger partial charge < -0.3 is 9.84 Å². The zero-order chi connectivity index (χ0) is 14.8. The van der Waals surface area contributed by atoms with Gasteiger partial charge >= 0.3 is 0 Å². The van der Waals surface area contributed by atoms with Crippen molar-refractivity contribution in [2.24, 2.45) is 0 Å². The van der Waals surface area contributed by atoms with Crippen LogP contribution >= 0.6 is 11.6 Å². The maximum Gasteiger partial charge on any atom is 0.125 e. The molecular weight excluding hydrogens is 272 g/mol. The van der Waals surface area contributed by atoms with Gasteiger partial charge in [-0.1, -0.05) is 57.0 Å². The van der Waals surface area contributed by atoms with Gasteiger partial charge in [-0.2, -0.15) is 0 Å². The van der Waals surface area contributed by atoms with Crippen molar-refractivity contribution in [1.82, 2.24) is 0 Å². The van der Waals surface area contributed by atoms with Crippen molar-refractivity contribution in [1.29, 1.82) is 0 Å². The van der Waals surface area contributed by atoms with Crippen LogP contribution in [0.15, 0.2) is 18.2 Å². The number of ether oxygens (including phenoxy) is 1. The predicted octanol–water partition coefficient (Wildman–Crippen LogP) is 5.52. The molecule has 0 aliphatic heterocycles. The Labute approximate surface area is 128 Å². The molecule has 0 aliphatic rings. The quantitative estimate of drug-likeness (QED) is 0.576. The van der Waals surface area contributed by atoms with Crippen molar-refractivity contribution in [3.05, 3.63) is 28.8 Å². The van der Waals surface area contributed by atoms with Gasteiger partial charge in [0.15, 0.2) is 0 Å². The van der Waals surface area contributed by atoms with E-state index in [2.05, 4.69) is 6.92 Å². The van der Waals surface area contributed by atoms with E-state index in [-0.39, 0.29) is 0 Å². The van der Waals surface area contributed by atoms with Crippen LogP contribution in [0.3, 0.4) is 0 Å². The van der Waals surface area contributed by atoms with Gasteiger partial charge in [-0.3, -0.25) is 0 Å². The van der Waals surface area contributed by atoms with E-state index in [4.69, 9.17) is 16.3 Å². The predicted molar refractivity (Wildman–Crippen MR) is 85.6 cm³/mol. The normalized spacial score (nSPS) is 12.4. The number of aliphatic hydroxyl groups excluding tert-OH is 1. The summed E-state index contributed by atoms with van der Waals surface area (Å²) in [7, 11) is 0. The highest BCUT2D eigenvalue weighted by atomic mass is 35.5. The van der Waals surface area contributed by atoms with Crippen molar-refractivity contribution in [2.75, 3.05) is 6.61 Å². The third-order valence-corrected chi connectivity index (χ3v) is 3.66. The summed E-state index contributed by atoms with van der Waals surface area (Å²) in [5.74, 6) is 0.746. The number of unbranched alkanes of at least 4 members (excludes halogenated alkanes) is 6. The van der Waals surface area contributed by atoms with Gasteiger partial charge in [0.1, 0.15) is 5.75 Å². The van der Waals surface area contributed by atoms with Crippen molar-refractivity contribution >= 4 is 11.6 Å². The van der Waals surface area contributed by atoms with Crippen LogP contribution in [-0.2, 0) is 0 Å². The Morgan fingerprint density at radius 2 is 1.75 bits per heavy atom. The number of hydrogen-bond acceptors (Lipinski definition) is 2. The van der Waals surface area contributed by atoms with Crippen LogP contribution in [0.2, 0.25) is 5.02 Å². The molecule has 2 nitrogen and oxygen atoms in total. The number of rotatable bonds is 10. The summed E-state index contributed by atoms with van der Waals surface area (Å²) in [6.45, 7) is 4.67. The molecule has 1 aromatic carbocycles. The number of halogens is 1. The monoisotopic (exact) mass is 298 g/mol. The molecule has 3 heteroatoms. The molecule has 1 rings (SSSR count). The fraction of sp³-hybridized carbons (Fsp3) is 0.647. The van der Waals surface area contributed by atoms with E-state index in [0.29, 0.717) is 11.6 Å². The molecule has 0 aliphatic carbocycles. The summed E-state index contributed by atoms with van der Waals surface area (Å²) in [4.78, 5) is 0. The molecule has 114 valence electrons. The van der Waals surface area contributed by atoms with Crippen LogP contribution < -0.4 is 4.74 Å². The Kier molecular flexibility index (Phi) is 8.72. The summed E-state index contributed by atoms with van der Waals surface area (Å²) >= 11 is 5.94. The molecule has 1 unspecified atom stereocenters. The summed E-state index contributed by atoms with van der Waals surface area (Å²) in [5, 5.41) is 10.3. The van der Waals surface area contributed by atoms with Crippen LogP contribution in [0, 0.1) is 0 Å². The summed E-state index contributed by atoms with van der Waals surface area (Å²) in [6, 6.07) is 5.41. The van der Waals surface area contributed by atoms with Crippen LogP contribution in [-0.4, -0.2) is 11.7 Å². The molecule has 0 spiro atoms. The lowest BCUT2D eigenvalue weighted by molar-refractivity contribution is 0.190. The fourth-order valence-electron chi connectivity index (χ4n) is 2.22. The third kappa shape index (κ3) is 6.62. The molecule has 0 heterocycles. The molecule has 0 radical (unpaired) electrons. The maximum absolute atomic E-state index is 9.71. The highest BCUT2D eigenvalue weighted by Gasteiger charge is 2.09. The standard InChI is InChI=1S/C17H27ClO2/c1-3-4-5-6-7-8-9-12-20-17-11-10-15(18)13-16(17)14(2)19/h10-11,13-14,19H,3-9,12H2,1-2H3. The summed E-state index contributed by atoms with van der Waals surface area (Å²) in [5.41, 5.74) is 0.764. The van der Waals surface area contributed by atoms with Gasteiger partial charge in [0.05, 0.1) is 12.7 Å². The number of benzene rings is 1. The SMILES string of the molecule is CCCCCCCCCOc1ccc(Cl)cc1C(C)O. The van der Waals surface area contributed by atoms with Crippen molar-refractivity contribution < 1.29 is 9.84 Å². The van der Waals surface area contributed by atoms with Gasteiger partial charge in [0.25, 0.3) is 0 Å². The molecule has 0 saturated heterocycles. The van der Waals surface area contributed by atoms with E-state index in [9.17, 15) is 5.11 Å². The first-order valence-corrected chi connectivity index (χ1v) is 8.13. The second-order valence-corrected chi connectivity index (χ2v) is 5.76.